The summed E-state index contributed by atoms with van der Waals surface area (Å²) in [4.78, 5) is 0. The summed E-state index contributed by atoms with van der Waals surface area (Å²) in [6.07, 6.45) is 0. The Morgan fingerprint density at radius 1 is 1.00 bits per heavy atom. The van der Waals surface area contributed by atoms with Crippen molar-refractivity contribution in [1.82, 2.24) is 14.8 Å². The first kappa shape index (κ1) is 13.7. The molecule has 3 aromatic rings. The molecular formula is C16H15N3OS. The van der Waals surface area contributed by atoms with Gasteiger partial charge in [-0.1, -0.05) is 29.8 Å². The van der Waals surface area contributed by atoms with Crippen LogP contribution in [0.1, 0.15) is 5.56 Å². The van der Waals surface area contributed by atoms with Crippen molar-refractivity contribution in [2.24, 2.45) is 0 Å². The fraction of sp³-hybridized carbons (Fsp3) is 0.125. The number of hydrogen-bond acceptors (Lipinski definition) is 4. The molecule has 2 aromatic carbocycles. The average Bonchev–Trinajstić information content (AvgIpc) is 2.90. The highest BCUT2D eigenvalue weighted by Crippen LogP contribution is 2.31. The number of nitrogens with zero attached hydrogens (tertiary/aromatic N) is 3. The maximum atomic E-state index is 5.41. The standard InChI is InChI=1S/C16H15N3OS/c1-11-7-9-12(10-8-11)19-15(17-18-16(19)21)13-5-3-4-6-14(13)20-2/h3-10H,1-2H3,(H,18,21). The van der Waals surface area contributed by atoms with Crippen molar-refractivity contribution in [1.29, 1.82) is 0 Å². The number of para-hydroxylation sites is 1. The monoisotopic (exact) mass is 297 g/mol. The second-order valence-electron chi connectivity index (χ2n) is 4.69. The second kappa shape index (κ2) is 5.61. The maximum Gasteiger partial charge on any atom is 0.193 e. The van der Waals surface area contributed by atoms with E-state index in [1.54, 1.807) is 7.11 Å². The van der Waals surface area contributed by atoms with Crippen LogP contribution in [0.3, 0.4) is 0 Å². The van der Waals surface area contributed by atoms with Gasteiger partial charge in [-0.3, -0.25) is 4.57 Å². The molecule has 0 spiro atoms. The molecule has 0 bridgehead atoms. The third-order valence-electron chi connectivity index (χ3n) is 3.29. The molecule has 5 heteroatoms. The Bertz CT molecular complexity index is 765. The number of methoxy groups -OCH3 is 1. The van der Waals surface area contributed by atoms with Gasteiger partial charge in [0.1, 0.15) is 5.75 Å². The quantitative estimate of drug-likeness (QED) is 0.752. The van der Waals surface area contributed by atoms with Crippen LogP contribution in [-0.2, 0) is 0 Å². The highest BCUT2D eigenvalue weighted by atomic mass is 32.1. The molecule has 0 unspecified atom stereocenters. The van der Waals surface area contributed by atoms with Gasteiger partial charge in [0.25, 0.3) is 0 Å². The molecular weight excluding hydrogens is 282 g/mol. The Morgan fingerprint density at radius 2 is 1.71 bits per heavy atom. The molecule has 0 atom stereocenters. The van der Waals surface area contributed by atoms with Gasteiger partial charge in [-0.2, -0.15) is 0 Å². The summed E-state index contributed by atoms with van der Waals surface area (Å²) in [5, 5.41) is 8.88. The molecule has 0 saturated carbocycles. The van der Waals surface area contributed by atoms with Gasteiger partial charge < -0.3 is 4.74 Å². The summed E-state index contributed by atoms with van der Waals surface area (Å²) in [6.45, 7) is 2.05. The first-order chi connectivity index (χ1) is 10.2. The fourth-order valence-electron chi connectivity index (χ4n) is 2.21. The van der Waals surface area contributed by atoms with Crippen LogP contribution in [0.15, 0.2) is 53.7 Å². The van der Waals surface area contributed by atoms with E-state index in [0.29, 0.717) is 11.0 Å². The number of thiol groups is 1. The van der Waals surface area contributed by atoms with Gasteiger partial charge in [-0.25, -0.2) is 0 Å². The number of aromatic nitrogens is 3. The highest BCUT2D eigenvalue weighted by Gasteiger charge is 2.16. The molecule has 1 heterocycles. The van der Waals surface area contributed by atoms with Crippen LogP contribution >= 0.6 is 12.6 Å². The third kappa shape index (κ3) is 2.52. The number of rotatable bonds is 3. The smallest absolute Gasteiger partial charge is 0.193 e. The van der Waals surface area contributed by atoms with Crippen LogP contribution in [0.2, 0.25) is 0 Å². The van der Waals surface area contributed by atoms with Crippen molar-refractivity contribution in [3.63, 3.8) is 0 Å². The van der Waals surface area contributed by atoms with E-state index in [9.17, 15) is 0 Å². The summed E-state index contributed by atoms with van der Waals surface area (Å²) in [7, 11) is 1.65. The normalized spacial score (nSPS) is 10.6. The first-order valence-corrected chi connectivity index (χ1v) is 7.00. The topological polar surface area (TPSA) is 39.9 Å². The molecule has 0 fully saturated rings. The average molecular weight is 297 g/mol. The lowest BCUT2D eigenvalue weighted by molar-refractivity contribution is 0.416. The molecule has 0 N–H and O–H groups in total. The van der Waals surface area contributed by atoms with Gasteiger partial charge >= 0.3 is 0 Å². The van der Waals surface area contributed by atoms with Crippen LogP contribution in [0.25, 0.3) is 17.1 Å². The molecule has 0 saturated heterocycles. The molecule has 21 heavy (non-hydrogen) atoms. The van der Waals surface area contributed by atoms with Crippen molar-refractivity contribution in [3.8, 4) is 22.8 Å². The Kier molecular flexibility index (Phi) is 3.66. The summed E-state index contributed by atoms with van der Waals surface area (Å²) in [5.74, 6) is 1.47. The molecule has 0 radical (unpaired) electrons. The minimum absolute atomic E-state index is 0.541. The van der Waals surface area contributed by atoms with Crippen LogP contribution in [-0.4, -0.2) is 21.9 Å². The molecule has 0 aliphatic heterocycles. The Hall–Kier alpha value is -2.27. The number of benzene rings is 2. The van der Waals surface area contributed by atoms with Crippen LogP contribution in [0.5, 0.6) is 5.75 Å². The second-order valence-corrected chi connectivity index (χ2v) is 5.09. The van der Waals surface area contributed by atoms with E-state index in [1.807, 2.05) is 41.0 Å². The minimum Gasteiger partial charge on any atom is -0.496 e. The molecule has 3 rings (SSSR count). The zero-order valence-corrected chi connectivity index (χ0v) is 12.7. The van der Waals surface area contributed by atoms with Crippen LogP contribution in [0.4, 0.5) is 0 Å². The van der Waals surface area contributed by atoms with Crippen molar-refractivity contribution in [2.45, 2.75) is 12.1 Å². The third-order valence-corrected chi connectivity index (χ3v) is 3.58. The van der Waals surface area contributed by atoms with E-state index in [-0.39, 0.29) is 0 Å². The minimum atomic E-state index is 0.541. The summed E-state index contributed by atoms with van der Waals surface area (Å²) < 4.78 is 7.32. The van der Waals surface area contributed by atoms with Crippen LogP contribution in [0, 0.1) is 6.92 Å². The maximum absolute atomic E-state index is 5.41. The summed E-state index contributed by atoms with van der Waals surface area (Å²) in [6, 6.07) is 15.9. The highest BCUT2D eigenvalue weighted by molar-refractivity contribution is 7.80. The van der Waals surface area contributed by atoms with Crippen LogP contribution < -0.4 is 4.74 Å². The molecule has 4 nitrogen and oxygen atoms in total. The van der Waals surface area contributed by atoms with Gasteiger partial charge in [0.15, 0.2) is 11.0 Å². The van der Waals surface area contributed by atoms with E-state index in [0.717, 1.165) is 17.0 Å². The lowest BCUT2D eigenvalue weighted by Crippen LogP contribution is -1.99. The lowest BCUT2D eigenvalue weighted by Gasteiger charge is -2.11. The molecule has 0 aliphatic carbocycles. The number of aryl methyl sites for hydroxylation is 1. The Labute approximate surface area is 128 Å². The number of ether oxygens (including phenoxy) is 1. The van der Waals surface area contributed by atoms with Gasteiger partial charge in [0, 0.05) is 5.69 Å². The van der Waals surface area contributed by atoms with Gasteiger partial charge in [0.2, 0.25) is 0 Å². The predicted octanol–water partition coefficient (Wildman–Crippen LogP) is 3.54. The lowest BCUT2D eigenvalue weighted by atomic mass is 10.1. The van der Waals surface area contributed by atoms with Gasteiger partial charge in [-0.05, 0) is 31.2 Å². The van der Waals surface area contributed by atoms with Crippen molar-refractivity contribution < 1.29 is 4.74 Å². The predicted molar refractivity (Wildman–Crippen MR) is 85.3 cm³/mol. The van der Waals surface area contributed by atoms with E-state index in [2.05, 4.69) is 41.9 Å². The number of hydrogen-bond donors (Lipinski definition) is 1. The van der Waals surface area contributed by atoms with E-state index < -0.39 is 0 Å². The van der Waals surface area contributed by atoms with Crippen molar-refractivity contribution >= 4 is 12.6 Å². The zero-order valence-electron chi connectivity index (χ0n) is 11.8. The van der Waals surface area contributed by atoms with Gasteiger partial charge in [-0.15, -0.1) is 22.8 Å². The summed E-state index contributed by atoms with van der Waals surface area (Å²) in [5.41, 5.74) is 3.05. The zero-order chi connectivity index (χ0) is 14.8. The Morgan fingerprint density at radius 3 is 2.43 bits per heavy atom. The molecule has 1 aromatic heterocycles. The first-order valence-electron chi connectivity index (χ1n) is 6.55. The summed E-state index contributed by atoms with van der Waals surface area (Å²) >= 11 is 4.42. The van der Waals surface area contributed by atoms with E-state index in [1.165, 1.54) is 5.56 Å². The van der Waals surface area contributed by atoms with Gasteiger partial charge in [0.05, 0.1) is 12.7 Å². The van der Waals surface area contributed by atoms with Crippen molar-refractivity contribution in [3.05, 3.63) is 54.1 Å². The van der Waals surface area contributed by atoms with E-state index >= 15 is 0 Å². The molecule has 0 amide bonds. The van der Waals surface area contributed by atoms with Crippen molar-refractivity contribution in [2.75, 3.05) is 7.11 Å². The SMILES string of the molecule is COc1ccccc1-c1nnc(S)n1-c1ccc(C)cc1. The molecule has 0 aliphatic rings. The largest absolute Gasteiger partial charge is 0.496 e. The fourth-order valence-corrected chi connectivity index (χ4v) is 2.47. The van der Waals surface area contributed by atoms with E-state index in [4.69, 9.17) is 4.74 Å². The Balaban J connectivity index is 2.19. The molecule has 106 valence electrons.